The van der Waals surface area contributed by atoms with Crippen LogP contribution >= 0.6 is 0 Å². The Bertz CT molecular complexity index is 469. The van der Waals surface area contributed by atoms with Crippen molar-refractivity contribution in [2.24, 2.45) is 0 Å². The van der Waals surface area contributed by atoms with E-state index in [1.165, 1.54) is 4.90 Å². The molecular formula is C16H26N2O3. The van der Waals surface area contributed by atoms with Gasteiger partial charge in [-0.25, -0.2) is 4.79 Å². The van der Waals surface area contributed by atoms with Crippen molar-refractivity contribution in [1.29, 1.82) is 0 Å². The predicted molar refractivity (Wildman–Crippen MR) is 83.6 cm³/mol. The minimum atomic E-state index is -0.910. The van der Waals surface area contributed by atoms with Crippen LogP contribution in [0.5, 0.6) is 5.75 Å². The summed E-state index contributed by atoms with van der Waals surface area (Å²) >= 11 is 0. The highest BCUT2D eigenvalue weighted by molar-refractivity contribution is 5.74. The van der Waals surface area contributed by atoms with Crippen molar-refractivity contribution in [1.82, 2.24) is 10.2 Å². The van der Waals surface area contributed by atoms with Gasteiger partial charge in [-0.05, 0) is 39.3 Å². The van der Waals surface area contributed by atoms with Gasteiger partial charge in [0.2, 0.25) is 0 Å². The Balaban J connectivity index is 2.41. The molecule has 1 aromatic carbocycles. The van der Waals surface area contributed by atoms with E-state index in [-0.39, 0.29) is 18.6 Å². The lowest BCUT2D eigenvalue weighted by atomic mass is 10.1. The zero-order chi connectivity index (χ0) is 16.0. The Morgan fingerprint density at radius 2 is 2.05 bits per heavy atom. The van der Waals surface area contributed by atoms with Gasteiger partial charge in [0, 0.05) is 7.05 Å². The van der Waals surface area contributed by atoms with Crippen LogP contribution in [0.4, 0.5) is 4.79 Å². The lowest BCUT2D eigenvalue weighted by molar-refractivity contribution is 0.0526. The smallest absolute Gasteiger partial charge is 0.317 e. The van der Waals surface area contributed by atoms with E-state index < -0.39 is 5.60 Å². The van der Waals surface area contributed by atoms with Gasteiger partial charge in [-0.15, -0.1) is 0 Å². The number of carbonyl (C=O) groups excluding carboxylic acids is 1. The third-order valence-electron chi connectivity index (χ3n) is 2.92. The van der Waals surface area contributed by atoms with Crippen LogP contribution in [-0.2, 0) is 0 Å². The molecule has 0 unspecified atom stereocenters. The van der Waals surface area contributed by atoms with Gasteiger partial charge in [0.05, 0.1) is 18.2 Å². The van der Waals surface area contributed by atoms with Gasteiger partial charge in [0.1, 0.15) is 12.4 Å². The summed E-state index contributed by atoms with van der Waals surface area (Å²) < 4.78 is 5.70. The number of hydrogen-bond donors (Lipinski definition) is 2. The van der Waals surface area contributed by atoms with E-state index >= 15 is 0 Å². The first-order chi connectivity index (χ1) is 9.69. The number of hydrogen-bond acceptors (Lipinski definition) is 3. The predicted octanol–water partition coefficient (Wildman–Crippen LogP) is 2.17. The van der Waals surface area contributed by atoms with E-state index in [0.717, 1.165) is 11.3 Å². The summed E-state index contributed by atoms with van der Waals surface area (Å²) in [7, 11) is 1.65. The first-order valence-electron chi connectivity index (χ1n) is 7.11. The Morgan fingerprint density at radius 1 is 1.43 bits per heavy atom. The number of amides is 2. The number of aryl methyl sites for hydroxylation is 1. The molecule has 0 fully saturated rings. The van der Waals surface area contributed by atoms with Gasteiger partial charge in [-0.2, -0.15) is 0 Å². The third-order valence-corrected chi connectivity index (χ3v) is 2.92. The fourth-order valence-electron chi connectivity index (χ4n) is 1.95. The minimum Gasteiger partial charge on any atom is -0.491 e. The Morgan fingerprint density at radius 3 is 2.62 bits per heavy atom. The van der Waals surface area contributed by atoms with Gasteiger partial charge in [-0.3, -0.25) is 0 Å². The first-order valence-corrected chi connectivity index (χ1v) is 7.11. The highest BCUT2D eigenvalue weighted by Crippen LogP contribution is 2.16. The highest BCUT2D eigenvalue weighted by Gasteiger charge is 2.20. The molecule has 118 valence electrons. The lowest BCUT2D eigenvalue weighted by Gasteiger charge is -2.27. The van der Waals surface area contributed by atoms with Gasteiger partial charge < -0.3 is 20.1 Å². The van der Waals surface area contributed by atoms with Crippen LogP contribution in [0.15, 0.2) is 24.3 Å². The van der Waals surface area contributed by atoms with Gasteiger partial charge >= 0.3 is 6.03 Å². The van der Waals surface area contributed by atoms with Crippen LogP contribution in [0.3, 0.4) is 0 Å². The number of carbonyl (C=O) groups is 1. The second-order valence-electron chi connectivity index (χ2n) is 6.10. The van der Waals surface area contributed by atoms with Crippen molar-refractivity contribution >= 4 is 6.03 Å². The summed E-state index contributed by atoms with van der Waals surface area (Å²) in [6, 6.07) is 7.42. The van der Waals surface area contributed by atoms with Crippen molar-refractivity contribution < 1.29 is 14.6 Å². The second-order valence-corrected chi connectivity index (χ2v) is 6.10. The number of ether oxygens (including phenoxy) is 1. The normalized spacial score (nSPS) is 12.7. The molecule has 0 radical (unpaired) electrons. The molecule has 0 aliphatic rings. The molecular weight excluding hydrogens is 268 g/mol. The molecule has 21 heavy (non-hydrogen) atoms. The molecule has 5 nitrogen and oxygen atoms in total. The number of para-hydroxylation sites is 1. The summed E-state index contributed by atoms with van der Waals surface area (Å²) in [4.78, 5) is 13.4. The second kappa shape index (κ2) is 7.31. The maximum atomic E-state index is 12.0. The zero-order valence-corrected chi connectivity index (χ0v) is 13.5. The Labute approximate surface area is 126 Å². The minimum absolute atomic E-state index is 0.124. The average molecular weight is 294 g/mol. The fourth-order valence-corrected chi connectivity index (χ4v) is 1.95. The van der Waals surface area contributed by atoms with Crippen molar-refractivity contribution in [3.05, 3.63) is 29.8 Å². The Hall–Kier alpha value is -1.75. The summed E-state index contributed by atoms with van der Waals surface area (Å²) in [6.45, 7) is 7.87. The van der Waals surface area contributed by atoms with Crippen LogP contribution in [-0.4, -0.2) is 47.9 Å². The number of urea groups is 1. The topological polar surface area (TPSA) is 61.8 Å². The molecule has 0 saturated heterocycles. The average Bonchev–Trinajstić information content (AvgIpc) is 2.35. The van der Waals surface area contributed by atoms with E-state index in [1.807, 2.05) is 38.1 Å². The molecule has 0 heterocycles. The molecule has 2 amide bonds. The summed E-state index contributed by atoms with van der Waals surface area (Å²) in [6.07, 6.45) is 0. The number of aliphatic hydroxyl groups is 1. The number of nitrogens with one attached hydrogen (secondary N) is 1. The molecule has 0 aromatic heterocycles. The molecule has 5 heteroatoms. The van der Waals surface area contributed by atoms with Gasteiger partial charge in [0.25, 0.3) is 0 Å². The van der Waals surface area contributed by atoms with E-state index in [0.29, 0.717) is 6.61 Å². The van der Waals surface area contributed by atoms with Gasteiger partial charge in [0.15, 0.2) is 0 Å². The van der Waals surface area contributed by atoms with Gasteiger partial charge in [-0.1, -0.05) is 18.2 Å². The molecule has 0 saturated carbocycles. The van der Waals surface area contributed by atoms with E-state index in [1.54, 1.807) is 20.9 Å². The van der Waals surface area contributed by atoms with Crippen molar-refractivity contribution in [2.75, 3.05) is 20.2 Å². The number of benzene rings is 1. The highest BCUT2D eigenvalue weighted by atomic mass is 16.5. The SMILES string of the molecule is Cc1ccccc1OC[C@@H](C)NC(=O)N(C)CC(C)(C)O. The van der Waals surface area contributed by atoms with Crippen LogP contribution < -0.4 is 10.1 Å². The first kappa shape index (κ1) is 17.3. The largest absolute Gasteiger partial charge is 0.491 e. The molecule has 1 atom stereocenters. The maximum absolute atomic E-state index is 12.0. The number of likely N-dealkylation sites (N-methyl/N-ethyl adjacent to an activating group) is 1. The summed E-state index contributed by atoms with van der Waals surface area (Å²) in [5, 5.41) is 12.6. The lowest BCUT2D eigenvalue weighted by Crippen LogP contribution is -2.48. The number of nitrogens with zero attached hydrogens (tertiary/aromatic N) is 1. The molecule has 0 aliphatic carbocycles. The van der Waals surface area contributed by atoms with Crippen LogP contribution in [0.1, 0.15) is 26.3 Å². The Kier molecular flexibility index (Phi) is 6.03. The van der Waals surface area contributed by atoms with Crippen LogP contribution in [0.25, 0.3) is 0 Å². The maximum Gasteiger partial charge on any atom is 0.317 e. The summed E-state index contributed by atoms with van der Waals surface area (Å²) in [5.41, 5.74) is 0.155. The zero-order valence-electron chi connectivity index (χ0n) is 13.5. The third kappa shape index (κ3) is 6.49. The van der Waals surface area contributed by atoms with Crippen LogP contribution in [0.2, 0.25) is 0 Å². The standard InChI is InChI=1S/C16H26N2O3/c1-12-8-6-7-9-14(12)21-10-13(2)17-15(19)18(5)11-16(3,4)20/h6-9,13,20H,10-11H2,1-5H3,(H,17,19)/t13-/m1/s1. The van der Waals surface area contributed by atoms with E-state index in [9.17, 15) is 9.90 Å². The molecule has 0 spiro atoms. The quantitative estimate of drug-likeness (QED) is 0.845. The molecule has 1 rings (SSSR count). The van der Waals surface area contributed by atoms with E-state index in [4.69, 9.17) is 4.74 Å². The number of rotatable bonds is 6. The molecule has 0 bridgehead atoms. The van der Waals surface area contributed by atoms with Crippen molar-refractivity contribution in [2.45, 2.75) is 39.3 Å². The molecule has 1 aromatic rings. The van der Waals surface area contributed by atoms with Crippen molar-refractivity contribution in [3.63, 3.8) is 0 Å². The van der Waals surface area contributed by atoms with E-state index in [2.05, 4.69) is 5.32 Å². The summed E-state index contributed by atoms with van der Waals surface area (Å²) in [5.74, 6) is 0.823. The molecule has 0 aliphatic heterocycles. The molecule has 2 N–H and O–H groups in total. The monoisotopic (exact) mass is 294 g/mol. The van der Waals surface area contributed by atoms with Crippen molar-refractivity contribution in [3.8, 4) is 5.75 Å². The van der Waals surface area contributed by atoms with Crippen LogP contribution in [0, 0.1) is 6.92 Å². The fraction of sp³-hybridized carbons (Fsp3) is 0.562.